The quantitative estimate of drug-likeness (QED) is 0.763. The number of esters is 1. The number of halogens is 1. The summed E-state index contributed by atoms with van der Waals surface area (Å²) >= 11 is 4.30. The second-order valence-electron chi connectivity index (χ2n) is 4.82. The molecular weight excluding hydrogens is 380 g/mol. The van der Waals surface area contributed by atoms with Crippen molar-refractivity contribution in [3.63, 3.8) is 0 Å². The third kappa shape index (κ3) is 3.48. The van der Waals surface area contributed by atoms with Gasteiger partial charge in [-0.05, 0) is 47.9 Å². The van der Waals surface area contributed by atoms with Gasteiger partial charge in [0.05, 0.1) is 10.9 Å². The summed E-state index contributed by atoms with van der Waals surface area (Å²) in [5, 5.41) is 3.07. The summed E-state index contributed by atoms with van der Waals surface area (Å²) in [5.74, 6) is -0.209. The van der Waals surface area contributed by atoms with Crippen LogP contribution < -0.4 is 5.32 Å². The SMILES string of the molecule is CNCC1CCN(S(=O)(=O)c2cc(C(=O)OC)sc2Br)C1. The summed E-state index contributed by atoms with van der Waals surface area (Å²) in [7, 11) is -0.453. The van der Waals surface area contributed by atoms with Crippen molar-refractivity contribution in [2.24, 2.45) is 5.92 Å². The number of hydrogen-bond donors (Lipinski definition) is 1. The molecule has 1 aliphatic heterocycles. The minimum absolute atomic E-state index is 0.137. The third-order valence-corrected chi connectivity index (χ3v) is 7.50. The molecule has 0 bridgehead atoms. The van der Waals surface area contributed by atoms with Crippen LogP contribution in [-0.2, 0) is 14.8 Å². The van der Waals surface area contributed by atoms with Crippen molar-refractivity contribution in [2.45, 2.75) is 11.3 Å². The van der Waals surface area contributed by atoms with Crippen LogP contribution in [0, 0.1) is 5.92 Å². The molecule has 1 N–H and O–H groups in total. The van der Waals surface area contributed by atoms with Crippen LogP contribution in [0.1, 0.15) is 16.1 Å². The lowest BCUT2D eigenvalue weighted by Gasteiger charge is -2.16. The van der Waals surface area contributed by atoms with E-state index >= 15 is 0 Å². The van der Waals surface area contributed by atoms with Gasteiger partial charge < -0.3 is 10.1 Å². The van der Waals surface area contributed by atoms with Crippen LogP contribution in [0.25, 0.3) is 0 Å². The molecular formula is C12H17BrN2O4S2. The van der Waals surface area contributed by atoms with E-state index < -0.39 is 16.0 Å². The van der Waals surface area contributed by atoms with E-state index in [1.807, 2.05) is 7.05 Å². The van der Waals surface area contributed by atoms with Gasteiger partial charge >= 0.3 is 5.97 Å². The zero-order valence-electron chi connectivity index (χ0n) is 11.8. The molecule has 118 valence electrons. The Bertz CT molecular complexity index is 629. The number of nitrogens with zero attached hydrogens (tertiary/aromatic N) is 1. The lowest BCUT2D eigenvalue weighted by atomic mass is 10.1. The highest BCUT2D eigenvalue weighted by molar-refractivity contribution is 9.11. The number of nitrogens with one attached hydrogen (secondary N) is 1. The fourth-order valence-electron chi connectivity index (χ4n) is 2.34. The second-order valence-corrected chi connectivity index (χ2v) is 9.09. The van der Waals surface area contributed by atoms with E-state index in [0.29, 0.717) is 22.8 Å². The summed E-state index contributed by atoms with van der Waals surface area (Å²) < 4.78 is 31.9. The number of ether oxygens (including phenoxy) is 1. The van der Waals surface area contributed by atoms with E-state index in [0.717, 1.165) is 24.3 Å². The molecule has 1 unspecified atom stereocenters. The molecule has 2 rings (SSSR count). The van der Waals surface area contributed by atoms with Gasteiger partial charge in [-0.15, -0.1) is 11.3 Å². The van der Waals surface area contributed by atoms with Crippen molar-refractivity contribution >= 4 is 43.3 Å². The fraction of sp³-hybridized carbons (Fsp3) is 0.583. The van der Waals surface area contributed by atoms with Crippen molar-refractivity contribution in [2.75, 3.05) is 33.8 Å². The van der Waals surface area contributed by atoms with Gasteiger partial charge in [0, 0.05) is 13.1 Å². The molecule has 9 heteroatoms. The zero-order chi connectivity index (χ0) is 15.6. The van der Waals surface area contributed by atoms with Gasteiger partial charge in [-0.2, -0.15) is 4.31 Å². The maximum absolute atomic E-state index is 12.7. The molecule has 2 heterocycles. The van der Waals surface area contributed by atoms with Crippen LogP contribution in [0.15, 0.2) is 14.7 Å². The summed E-state index contributed by atoms with van der Waals surface area (Å²) in [6.07, 6.45) is 0.839. The molecule has 0 spiro atoms. The summed E-state index contributed by atoms with van der Waals surface area (Å²) in [4.78, 5) is 11.9. The van der Waals surface area contributed by atoms with Gasteiger partial charge in [-0.3, -0.25) is 0 Å². The lowest BCUT2D eigenvalue weighted by Crippen LogP contribution is -2.30. The highest BCUT2D eigenvalue weighted by Gasteiger charge is 2.34. The van der Waals surface area contributed by atoms with Crippen molar-refractivity contribution in [1.29, 1.82) is 0 Å². The summed E-state index contributed by atoms with van der Waals surface area (Å²) in [5.41, 5.74) is 0. The predicted molar refractivity (Wildman–Crippen MR) is 84.2 cm³/mol. The highest BCUT2D eigenvalue weighted by atomic mass is 79.9. The molecule has 6 nitrogen and oxygen atoms in total. The summed E-state index contributed by atoms with van der Waals surface area (Å²) in [6.45, 7) is 1.80. The molecule has 0 aliphatic carbocycles. The van der Waals surface area contributed by atoms with Crippen molar-refractivity contribution in [3.05, 3.63) is 14.7 Å². The van der Waals surface area contributed by atoms with Crippen LogP contribution in [0.3, 0.4) is 0 Å². The van der Waals surface area contributed by atoms with Crippen LogP contribution in [-0.4, -0.2) is 52.5 Å². The van der Waals surface area contributed by atoms with Crippen LogP contribution in [0.5, 0.6) is 0 Å². The molecule has 0 radical (unpaired) electrons. The Balaban J connectivity index is 2.24. The third-order valence-electron chi connectivity index (χ3n) is 3.40. The minimum atomic E-state index is -3.58. The first-order valence-corrected chi connectivity index (χ1v) is 9.47. The Hall–Kier alpha value is -0.480. The smallest absolute Gasteiger partial charge is 0.348 e. The van der Waals surface area contributed by atoms with E-state index in [9.17, 15) is 13.2 Å². The molecule has 1 aromatic heterocycles. The number of thiophene rings is 1. The average Bonchev–Trinajstić information content (AvgIpc) is 3.05. The predicted octanol–water partition coefficient (Wildman–Crippen LogP) is 1.53. The minimum Gasteiger partial charge on any atom is -0.465 e. The normalized spacial score (nSPS) is 19.9. The lowest BCUT2D eigenvalue weighted by molar-refractivity contribution is 0.0606. The zero-order valence-corrected chi connectivity index (χ0v) is 15.0. The van der Waals surface area contributed by atoms with Gasteiger partial charge in [0.15, 0.2) is 0 Å². The van der Waals surface area contributed by atoms with Gasteiger partial charge in [0.2, 0.25) is 10.0 Å². The first-order valence-electron chi connectivity index (χ1n) is 6.42. The number of hydrogen-bond acceptors (Lipinski definition) is 6. The molecule has 0 aromatic carbocycles. The Morgan fingerprint density at radius 1 is 1.62 bits per heavy atom. The highest BCUT2D eigenvalue weighted by Crippen LogP contribution is 2.35. The molecule has 0 amide bonds. The van der Waals surface area contributed by atoms with Gasteiger partial charge in [0.1, 0.15) is 9.77 Å². The second kappa shape index (κ2) is 6.74. The Morgan fingerprint density at radius 3 is 2.95 bits per heavy atom. The van der Waals surface area contributed by atoms with Gasteiger partial charge in [-0.25, -0.2) is 13.2 Å². The Labute approximate surface area is 136 Å². The first-order chi connectivity index (χ1) is 9.90. The number of sulfonamides is 1. The Morgan fingerprint density at radius 2 is 2.33 bits per heavy atom. The largest absolute Gasteiger partial charge is 0.465 e. The molecule has 21 heavy (non-hydrogen) atoms. The van der Waals surface area contributed by atoms with Crippen LogP contribution >= 0.6 is 27.3 Å². The van der Waals surface area contributed by atoms with Crippen molar-refractivity contribution in [3.8, 4) is 0 Å². The maximum Gasteiger partial charge on any atom is 0.348 e. The molecule has 1 aromatic rings. The molecule has 1 saturated heterocycles. The standard InChI is InChI=1S/C12H17BrN2O4S2/c1-14-6-8-3-4-15(7-8)21(17,18)10-5-9(12(16)19-2)20-11(10)13/h5,8,14H,3-4,6-7H2,1-2H3. The number of rotatable bonds is 5. The van der Waals surface area contributed by atoms with E-state index in [1.54, 1.807) is 0 Å². The van der Waals surface area contributed by atoms with Crippen LogP contribution in [0.2, 0.25) is 0 Å². The average molecular weight is 397 g/mol. The Kier molecular flexibility index (Phi) is 5.42. The van der Waals surface area contributed by atoms with Crippen molar-refractivity contribution in [1.82, 2.24) is 9.62 Å². The number of carbonyl (C=O) groups is 1. The molecule has 1 atom stereocenters. The maximum atomic E-state index is 12.7. The van der Waals surface area contributed by atoms with Gasteiger partial charge in [-0.1, -0.05) is 0 Å². The van der Waals surface area contributed by atoms with Crippen molar-refractivity contribution < 1.29 is 17.9 Å². The van der Waals surface area contributed by atoms with E-state index in [2.05, 4.69) is 26.0 Å². The fourth-order valence-corrected chi connectivity index (χ4v) is 6.30. The van der Waals surface area contributed by atoms with Gasteiger partial charge in [0.25, 0.3) is 0 Å². The van der Waals surface area contributed by atoms with E-state index in [-0.39, 0.29) is 9.77 Å². The molecule has 1 aliphatic rings. The first kappa shape index (κ1) is 16.9. The molecule has 0 saturated carbocycles. The number of carbonyl (C=O) groups excluding carboxylic acids is 1. The monoisotopic (exact) mass is 396 g/mol. The topological polar surface area (TPSA) is 75.7 Å². The number of methoxy groups -OCH3 is 1. The van der Waals surface area contributed by atoms with Crippen LogP contribution in [0.4, 0.5) is 0 Å². The van der Waals surface area contributed by atoms with E-state index in [4.69, 9.17) is 0 Å². The molecule has 1 fully saturated rings. The van der Waals surface area contributed by atoms with E-state index in [1.165, 1.54) is 17.5 Å². The summed E-state index contributed by atoms with van der Waals surface area (Å²) in [6, 6.07) is 1.38.